The molecule has 1 rings (SSSR count). The molecule has 0 amide bonds. The van der Waals surface area contributed by atoms with Gasteiger partial charge in [-0.15, -0.1) is 0 Å². The van der Waals surface area contributed by atoms with Gasteiger partial charge in [0.25, 0.3) is 0 Å². The molecule has 0 aliphatic rings. The Balaban J connectivity index is 3.44. The van der Waals surface area contributed by atoms with Gasteiger partial charge in [0.1, 0.15) is 6.07 Å². The van der Waals surface area contributed by atoms with Crippen molar-refractivity contribution >= 4 is 44.8 Å². The highest BCUT2D eigenvalue weighted by atomic mass is 127. The summed E-state index contributed by atoms with van der Waals surface area (Å²) in [5, 5.41) is 8.66. The molecule has 1 aromatic rings. The zero-order chi connectivity index (χ0) is 9.14. The Morgan fingerprint density at radius 1 is 1.58 bits per heavy atom. The van der Waals surface area contributed by atoms with Gasteiger partial charge in [-0.05, 0) is 50.7 Å². The van der Waals surface area contributed by atoms with E-state index in [1.165, 1.54) is 0 Å². The number of nitriles is 1. The summed E-state index contributed by atoms with van der Waals surface area (Å²) >= 11 is 5.24. The van der Waals surface area contributed by atoms with Crippen LogP contribution >= 0.6 is 38.5 Å². The van der Waals surface area contributed by atoms with Crippen LogP contribution in [-0.2, 0) is 0 Å². The lowest BCUT2D eigenvalue weighted by atomic mass is 10.1. The van der Waals surface area contributed by atoms with Crippen molar-refractivity contribution in [3.05, 3.63) is 31.3 Å². The molecule has 0 unspecified atom stereocenters. The van der Waals surface area contributed by atoms with Gasteiger partial charge in [0.2, 0.25) is 0 Å². The number of nitrogens with zero attached hydrogens (tertiary/aromatic N) is 1. The van der Waals surface area contributed by atoms with Crippen molar-refractivity contribution in [2.24, 2.45) is 0 Å². The van der Waals surface area contributed by atoms with Crippen LogP contribution in [0.25, 0.3) is 0 Å². The first-order chi connectivity index (χ1) is 5.69. The Morgan fingerprint density at radius 3 is 2.75 bits per heavy atom. The smallest absolute Gasteiger partial charge is 0.151 e. The third kappa shape index (κ3) is 1.84. The maximum Gasteiger partial charge on any atom is 0.151 e. The Bertz CT molecular complexity index is 370. The van der Waals surface area contributed by atoms with Gasteiger partial charge in [-0.3, -0.25) is 4.79 Å². The second-order valence-corrected chi connectivity index (χ2v) is 4.12. The van der Waals surface area contributed by atoms with E-state index in [1.807, 2.05) is 6.07 Å². The third-order valence-electron chi connectivity index (χ3n) is 1.31. The lowest BCUT2D eigenvalue weighted by Gasteiger charge is -1.99. The molecular formula is C8H3BrINO. The van der Waals surface area contributed by atoms with Crippen molar-refractivity contribution in [1.82, 2.24) is 0 Å². The molecule has 0 saturated carbocycles. The summed E-state index contributed by atoms with van der Waals surface area (Å²) in [6.07, 6.45) is 0.729. The topological polar surface area (TPSA) is 40.9 Å². The van der Waals surface area contributed by atoms with Gasteiger partial charge in [0.05, 0.1) is 5.56 Å². The molecule has 0 heterocycles. The van der Waals surface area contributed by atoms with E-state index in [-0.39, 0.29) is 0 Å². The molecule has 12 heavy (non-hydrogen) atoms. The molecule has 0 aliphatic heterocycles. The van der Waals surface area contributed by atoms with Crippen LogP contribution in [0.4, 0.5) is 0 Å². The summed E-state index contributed by atoms with van der Waals surface area (Å²) in [4.78, 5) is 10.5. The van der Waals surface area contributed by atoms with Gasteiger partial charge in [-0.1, -0.05) is 0 Å². The summed E-state index contributed by atoms with van der Waals surface area (Å²) in [5.41, 5.74) is 1.00. The van der Waals surface area contributed by atoms with Crippen LogP contribution in [0.2, 0.25) is 0 Å². The molecule has 0 aliphatic carbocycles. The molecule has 0 saturated heterocycles. The minimum atomic E-state index is 0.490. The minimum absolute atomic E-state index is 0.490. The maximum atomic E-state index is 10.5. The lowest BCUT2D eigenvalue weighted by molar-refractivity contribution is 0.112. The van der Waals surface area contributed by atoms with E-state index in [1.54, 1.807) is 12.1 Å². The fourth-order valence-electron chi connectivity index (χ4n) is 0.777. The molecule has 60 valence electrons. The van der Waals surface area contributed by atoms with Gasteiger partial charge in [0.15, 0.2) is 6.29 Å². The van der Waals surface area contributed by atoms with E-state index in [0.29, 0.717) is 15.6 Å². The predicted molar refractivity (Wildman–Crippen MR) is 57.0 cm³/mol. The van der Waals surface area contributed by atoms with E-state index >= 15 is 0 Å². The van der Waals surface area contributed by atoms with Crippen LogP contribution in [-0.4, -0.2) is 6.29 Å². The molecule has 0 aromatic heterocycles. The molecule has 0 spiro atoms. The molecular weight excluding hydrogens is 333 g/mol. The van der Waals surface area contributed by atoms with Gasteiger partial charge >= 0.3 is 0 Å². The van der Waals surface area contributed by atoms with Crippen molar-refractivity contribution in [1.29, 1.82) is 5.26 Å². The van der Waals surface area contributed by atoms with E-state index in [2.05, 4.69) is 38.5 Å². The Hall–Kier alpha value is -0.410. The second kappa shape index (κ2) is 4.01. The Morgan fingerprint density at radius 2 is 2.25 bits per heavy atom. The third-order valence-corrected chi connectivity index (χ3v) is 2.82. The SMILES string of the molecule is N#Cc1cc(I)cc(C=O)c1Br. The zero-order valence-electron chi connectivity index (χ0n) is 5.84. The molecule has 4 heteroatoms. The number of hydrogen-bond acceptors (Lipinski definition) is 2. The molecule has 0 radical (unpaired) electrons. The maximum absolute atomic E-state index is 10.5. The average Bonchev–Trinajstić information content (AvgIpc) is 2.08. The summed E-state index contributed by atoms with van der Waals surface area (Å²) in [6, 6.07) is 5.44. The van der Waals surface area contributed by atoms with Gasteiger partial charge in [-0.25, -0.2) is 0 Å². The highest BCUT2D eigenvalue weighted by Gasteiger charge is 2.05. The van der Waals surface area contributed by atoms with E-state index in [9.17, 15) is 4.79 Å². The first-order valence-electron chi connectivity index (χ1n) is 3.03. The predicted octanol–water partition coefficient (Wildman–Crippen LogP) is 2.74. The van der Waals surface area contributed by atoms with Crippen LogP contribution in [0.1, 0.15) is 15.9 Å². The highest BCUT2D eigenvalue weighted by Crippen LogP contribution is 2.22. The van der Waals surface area contributed by atoms with Crippen LogP contribution in [0.5, 0.6) is 0 Å². The van der Waals surface area contributed by atoms with Crippen molar-refractivity contribution in [3.8, 4) is 6.07 Å². The fraction of sp³-hybridized carbons (Fsp3) is 0. The second-order valence-electron chi connectivity index (χ2n) is 2.09. The summed E-state index contributed by atoms with van der Waals surface area (Å²) < 4.78 is 1.45. The summed E-state index contributed by atoms with van der Waals surface area (Å²) in [6.45, 7) is 0. The largest absolute Gasteiger partial charge is 0.298 e. The first kappa shape index (κ1) is 9.68. The van der Waals surface area contributed by atoms with Crippen molar-refractivity contribution in [3.63, 3.8) is 0 Å². The minimum Gasteiger partial charge on any atom is -0.298 e. The van der Waals surface area contributed by atoms with Crippen LogP contribution in [0.15, 0.2) is 16.6 Å². The number of carbonyl (C=O) groups is 1. The molecule has 0 fully saturated rings. The van der Waals surface area contributed by atoms with Crippen LogP contribution in [0, 0.1) is 14.9 Å². The lowest BCUT2D eigenvalue weighted by Crippen LogP contribution is -1.88. The van der Waals surface area contributed by atoms with Gasteiger partial charge in [-0.2, -0.15) is 5.26 Å². The number of halogens is 2. The number of carbonyl (C=O) groups excluding carboxylic acids is 1. The standard InChI is InChI=1S/C8H3BrINO/c9-8-5(3-11)1-7(10)2-6(8)4-12/h1-2,4H. The van der Waals surface area contributed by atoms with Gasteiger partial charge < -0.3 is 0 Å². The number of hydrogen-bond donors (Lipinski definition) is 0. The van der Waals surface area contributed by atoms with E-state index in [0.717, 1.165) is 9.86 Å². The van der Waals surface area contributed by atoms with Crippen molar-refractivity contribution < 1.29 is 4.79 Å². The molecule has 0 atom stereocenters. The Labute approximate surface area is 91.8 Å². The van der Waals surface area contributed by atoms with Crippen LogP contribution in [0.3, 0.4) is 0 Å². The molecule has 2 nitrogen and oxygen atoms in total. The van der Waals surface area contributed by atoms with Crippen molar-refractivity contribution in [2.45, 2.75) is 0 Å². The quantitative estimate of drug-likeness (QED) is 0.585. The molecule has 1 aromatic carbocycles. The Kier molecular flexibility index (Phi) is 3.23. The normalized spacial score (nSPS) is 9.08. The molecule has 0 bridgehead atoms. The summed E-state index contributed by atoms with van der Waals surface area (Å²) in [7, 11) is 0. The van der Waals surface area contributed by atoms with Crippen molar-refractivity contribution in [2.75, 3.05) is 0 Å². The van der Waals surface area contributed by atoms with E-state index < -0.39 is 0 Å². The van der Waals surface area contributed by atoms with Crippen LogP contribution < -0.4 is 0 Å². The zero-order valence-corrected chi connectivity index (χ0v) is 9.59. The molecule has 0 N–H and O–H groups in total. The average molecular weight is 336 g/mol. The first-order valence-corrected chi connectivity index (χ1v) is 4.90. The summed E-state index contributed by atoms with van der Waals surface area (Å²) in [5.74, 6) is 0. The number of benzene rings is 1. The van der Waals surface area contributed by atoms with Gasteiger partial charge in [0, 0.05) is 13.6 Å². The number of aldehydes is 1. The van der Waals surface area contributed by atoms with E-state index in [4.69, 9.17) is 5.26 Å². The highest BCUT2D eigenvalue weighted by molar-refractivity contribution is 14.1. The monoisotopic (exact) mass is 335 g/mol. The number of rotatable bonds is 1. The fourth-order valence-corrected chi connectivity index (χ4v) is 1.84.